The summed E-state index contributed by atoms with van der Waals surface area (Å²) in [6, 6.07) is 3.34. The van der Waals surface area contributed by atoms with Gasteiger partial charge in [-0.25, -0.2) is 21.6 Å². The van der Waals surface area contributed by atoms with Crippen molar-refractivity contribution in [2.24, 2.45) is 0 Å². The molecule has 1 rings (SSSR count). The molecule has 1 aromatic carbocycles. The second-order valence-corrected chi connectivity index (χ2v) is 7.35. The largest absolute Gasteiger partial charge is 0.478 e. The lowest BCUT2D eigenvalue weighted by atomic mass is 10.2. The molecule has 8 nitrogen and oxygen atoms in total. The fourth-order valence-corrected chi connectivity index (χ4v) is 2.39. The lowest BCUT2D eigenvalue weighted by molar-refractivity contribution is 0.0697. The average Bonchev–Trinajstić information content (AvgIpc) is 2.10. The molecule has 1 aromatic rings. The number of sulfonamides is 2. The van der Waals surface area contributed by atoms with Crippen molar-refractivity contribution < 1.29 is 26.7 Å². The van der Waals surface area contributed by atoms with E-state index in [1.807, 2.05) is 0 Å². The second kappa shape index (κ2) is 5.05. The van der Waals surface area contributed by atoms with Gasteiger partial charge in [-0.15, -0.1) is 0 Å². The number of aromatic carboxylic acids is 1. The third-order valence-corrected chi connectivity index (χ3v) is 3.00. The van der Waals surface area contributed by atoms with Crippen LogP contribution in [0.3, 0.4) is 0 Å². The van der Waals surface area contributed by atoms with E-state index in [1.165, 1.54) is 6.07 Å². The van der Waals surface area contributed by atoms with Crippen molar-refractivity contribution in [3.8, 4) is 0 Å². The van der Waals surface area contributed by atoms with Gasteiger partial charge in [-0.05, 0) is 18.2 Å². The summed E-state index contributed by atoms with van der Waals surface area (Å²) >= 11 is 0. The Morgan fingerprint density at radius 1 is 0.947 bits per heavy atom. The Balaban J connectivity index is 3.29. The van der Waals surface area contributed by atoms with Crippen molar-refractivity contribution in [3.63, 3.8) is 0 Å². The molecule has 0 heterocycles. The fraction of sp³-hybridized carbons (Fsp3) is 0.222. The number of anilines is 2. The quantitative estimate of drug-likeness (QED) is 0.708. The molecule has 0 aromatic heterocycles. The van der Waals surface area contributed by atoms with E-state index in [-0.39, 0.29) is 16.9 Å². The second-order valence-electron chi connectivity index (χ2n) is 3.85. The summed E-state index contributed by atoms with van der Waals surface area (Å²) in [7, 11) is -7.20. The van der Waals surface area contributed by atoms with Crippen LogP contribution in [0.5, 0.6) is 0 Å². The maximum absolute atomic E-state index is 11.1. The molecular weight excluding hydrogens is 296 g/mol. The van der Waals surface area contributed by atoms with Gasteiger partial charge in [0.1, 0.15) is 0 Å². The zero-order chi connectivity index (χ0) is 14.8. The highest BCUT2D eigenvalue weighted by Crippen LogP contribution is 2.20. The first-order valence-electron chi connectivity index (χ1n) is 4.80. The highest BCUT2D eigenvalue weighted by atomic mass is 32.2. The van der Waals surface area contributed by atoms with Gasteiger partial charge in [0.05, 0.1) is 29.4 Å². The van der Waals surface area contributed by atoms with Crippen molar-refractivity contribution in [1.82, 2.24) is 0 Å². The SMILES string of the molecule is CS(=O)(=O)Nc1cc(NS(C)(=O)=O)cc(C(=O)O)c1. The Bertz CT molecular complexity index is 656. The molecule has 0 saturated heterocycles. The predicted molar refractivity (Wildman–Crippen MR) is 70.3 cm³/mol. The van der Waals surface area contributed by atoms with Crippen molar-refractivity contribution in [3.05, 3.63) is 23.8 Å². The van der Waals surface area contributed by atoms with E-state index in [2.05, 4.69) is 9.44 Å². The minimum absolute atomic E-state index is 0.0476. The summed E-state index contributed by atoms with van der Waals surface area (Å²) < 4.78 is 48.5. The maximum Gasteiger partial charge on any atom is 0.335 e. The number of nitrogens with one attached hydrogen (secondary N) is 2. The molecule has 0 saturated carbocycles. The van der Waals surface area contributed by atoms with Crippen LogP contribution < -0.4 is 9.44 Å². The average molecular weight is 308 g/mol. The van der Waals surface area contributed by atoms with Gasteiger partial charge in [0.2, 0.25) is 20.0 Å². The molecular formula is C9H12N2O6S2. The van der Waals surface area contributed by atoms with Crippen LogP contribution >= 0.6 is 0 Å². The maximum atomic E-state index is 11.1. The number of hydrogen-bond donors (Lipinski definition) is 3. The van der Waals surface area contributed by atoms with E-state index in [1.54, 1.807) is 0 Å². The van der Waals surface area contributed by atoms with Crippen LogP contribution in [0, 0.1) is 0 Å². The van der Waals surface area contributed by atoms with E-state index >= 15 is 0 Å². The molecule has 0 atom stereocenters. The van der Waals surface area contributed by atoms with Crippen LogP contribution in [-0.4, -0.2) is 40.4 Å². The molecule has 0 spiro atoms. The number of hydrogen-bond acceptors (Lipinski definition) is 5. The first-order valence-corrected chi connectivity index (χ1v) is 8.58. The third kappa shape index (κ3) is 5.57. The van der Waals surface area contributed by atoms with E-state index in [9.17, 15) is 21.6 Å². The van der Waals surface area contributed by atoms with Gasteiger partial charge in [-0.1, -0.05) is 0 Å². The monoisotopic (exact) mass is 308 g/mol. The highest BCUT2D eigenvalue weighted by Gasteiger charge is 2.11. The summed E-state index contributed by atoms with van der Waals surface area (Å²) in [5, 5.41) is 8.88. The Kier molecular flexibility index (Phi) is 4.06. The van der Waals surface area contributed by atoms with Crippen LogP contribution in [0.2, 0.25) is 0 Å². The van der Waals surface area contributed by atoms with Crippen LogP contribution in [-0.2, 0) is 20.0 Å². The van der Waals surface area contributed by atoms with E-state index in [0.29, 0.717) is 0 Å². The molecule has 0 aliphatic rings. The molecule has 0 fully saturated rings. The van der Waals surface area contributed by atoms with E-state index in [0.717, 1.165) is 24.6 Å². The van der Waals surface area contributed by atoms with Crippen molar-refractivity contribution >= 4 is 37.4 Å². The molecule has 0 aliphatic carbocycles. The van der Waals surface area contributed by atoms with Gasteiger partial charge in [0.15, 0.2) is 0 Å². The number of carbonyl (C=O) groups is 1. The molecule has 10 heteroatoms. The molecule has 0 radical (unpaired) electrons. The molecule has 0 bridgehead atoms. The summed E-state index contributed by atoms with van der Waals surface area (Å²) in [4.78, 5) is 10.9. The summed E-state index contributed by atoms with van der Waals surface area (Å²) in [5.74, 6) is -1.31. The predicted octanol–water partition coefficient (Wildman–Crippen LogP) is 0.128. The molecule has 106 valence electrons. The van der Waals surface area contributed by atoms with Crippen LogP contribution in [0.15, 0.2) is 18.2 Å². The van der Waals surface area contributed by atoms with Gasteiger partial charge < -0.3 is 5.11 Å². The minimum atomic E-state index is -3.60. The van der Waals surface area contributed by atoms with Crippen LogP contribution in [0.4, 0.5) is 11.4 Å². The van der Waals surface area contributed by atoms with Gasteiger partial charge in [0.25, 0.3) is 0 Å². The molecule has 3 N–H and O–H groups in total. The lowest BCUT2D eigenvalue weighted by Crippen LogP contribution is -2.13. The normalized spacial score (nSPS) is 11.9. The zero-order valence-corrected chi connectivity index (χ0v) is 11.7. The molecule has 0 amide bonds. The van der Waals surface area contributed by atoms with E-state index < -0.39 is 26.0 Å². The number of benzene rings is 1. The molecule has 0 aliphatic heterocycles. The minimum Gasteiger partial charge on any atom is -0.478 e. The molecule has 0 unspecified atom stereocenters. The Hall–Kier alpha value is -1.81. The van der Waals surface area contributed by atoms with Gasteiger partial charge >= 0.3 is 5.97 Å². The number of rotatable bonds is 5. The standard InChI is InChI=1S/C9H12N2O6S2/c1-18(14,15)10-7-3-6(9(12)13)4-8(5-7)11-19(2,16)17/h3-5,10-11H,1-2H3,(H,12,13). The third-order valence-electron chi connectivity index (χ3n) is 1.79. The van der Waals surface area contributed by atoms with Crippen molar-refractivity contribution in [2.45, 2.75) is 0 Å². The number of carboxylic acid groups (broad SMARTS) is 1. The summed E-state index contributed by atoms with van der Waals surface area (Å²) in [6.45, 7) is 0. The first kappa shape index (κ1) is 15.2. The smallest absolute Gasteiger partial charge is 0.335 e. The Morgan fingerprint density at radius 2 is 1.32 bits per heavy atom. The van der Waals surface area contributed by atoms with Crippen LogP contribution in [0.1, 0.15) is 10.4 Å². The van der Waals surface area contributed by atoms with E-state index in [4.69, 9.17) is 5.11 Å². The lowest BCUT2D eigenvalue weighted by Gasteiger charge is -2.09. The van der Waals surface area contributed by atoms with Crippen molar-refractivity contribution in [1.29, 1.82) is 0 Å². The number of carboxylic acids is 1. The Morgan fingerprint density at radius 3 is 1.58 bits per heavy atom. The summed E-state index contributed by atoms with van der Waals surface area (Å²) in [6.07, 6.45) is 1.79. The summed E-state index contributed by atoms with van der Waals surface area (Å²) in [5.41, 5.74) is -0.345. The topological polar surface area (TPSA) is 130 Å². The molecule has 19 heavy (non-hydrogen) atoms. The zero-order valence-electron chi connectivity index (χ0n) is 10.0. The van der Waals surface area contributed by atoms with Gasteiger partial charge in [-0.3, -0.25) is 9.44 Å². The van der Waals surface area contributed by atoms with Gasteiger partial charge in [0, 0.05) is 0 Å². The van der Waals surface area contributed by atoms with Gasteiger partial charge in [-0.2, -0.15) is 0 Å². The van der Waals surface area contributed by atoms with Crippen molar-refractivity contribution in [2.75, 3.05) is 22.0 Å². The van der Waals surface area contributed by atoms with Crippen LogP contribution in [0.25, 0.3) is 0 Å². The fourth-order valence-electron chi connectivity index (χ4n) is 1.30. The first-order chi connectivity index (χ1) is 8.46. The Labute approximate surface area is 110 Å². The highest BCUT2D eigenvalue weighted by molar-refractivity contribution is 7.92.